The number of nitrogens with zero attached hydrogens (tertiary/aromatic N) is 2. The van der Waals surface area contributed by atoms with Crippen molar-refractivity contribution in [1.82, 2.24) is 4.57 Å². The lowest BCUT2D eigenvalue weighted by Gasteiger charge is -2.29. The third-order valence-electron chi connectivity index (χ3n) is 12.6. The molecule has 0 amide bonds. The van der Waals surface area contributed by atoms with Gasteiger partial charge in [-0.05, 0) is 89.3 Å². The van der Waals surface area contributed by atoms with Gasteiger partial charge >= 0.3 is 0 Å². The molecule has 0 aliphatic rings. The van der Waals surface area contributed by atoms with E-state index in [0.717, 1.165) is 61.0 Å². The standard InChI is InChI=1S/C58H36N2OS/c1-2-15-40(16-3-1)59-51-24-10-7-19-44(51)49-36-39(31-35-52(49)59)37-28-32-41(33-29-37)60(53-25-13-26-54-56(53)48-34-30-38-14-4-5-17-42(38)57(48)61-54)50-23-9-6-18-43(50)46-21-12-22-47-45-20-8-11-27-55(45)62-58(46)47/h1-36H. The number of benzene rings is 10. The van der Waals surface area contributed by atoms with Crippen molar-refractivity contribution in [3.05, 3.63) is 218 Å². The van der Waals surface area contributed by atoms with Gasteiger partial charge in [-0.3, -0.25) is 0 Å². The lowest BCUT2D eigenvalue weighted by Crippen LogP contribution is -2.11. The topological polar surface area (TPSA) is 21.3 Å². The van der Waals surface area contributed by atoms with Crippen molar-refractivity contribution in [2.24, 2.45) is 0 Å². The Bertz CT molecular complexity index is 3870. The summed E-state index contributed by atoms with van der Waals surface area (Å²) in [4.78, 5) is 2.44. The van der Waals surface area contributed by atoms with Crippen molar-refractivity contribution < 1.29 is 4.42 Å². The molecule has 4 heteroatoms. The Morgan fingerprint density at radius 3 is 2.00 bits per heavy atom. The number of aromatic nitrogens is 1. The quantitative estimate of drug-likeness (QED) is 0.167. The predicted molar refractivity (Wildman–Crippen MR) is 264 cm³/mol. The molecule has 13 rings (SSSR count). The first kappa shape index (κ1) is 34.9. The SMILES string of the molecule is c1ccc(-n2c3ccccc3c3cc(-c4ccc(N(c5ccccc5-c5cccc6c5sc5ccccc56)c5cccc6oc7c8ccccc8ccc7c56)cc4)ccc32)cc1. The van der Waals surface area contributed by atoms with Crippen LogP contribution in [0.1, 0.15) is 0 Å². The fourth-order valence-corrected chi connectivity index (χ4v) is 11.0. The molecule has 0 spiro atoms. The van der Waals surface area contributed by atoms with E-state index in [9.17, 15) is 0 Å². The molecule has 0 radical (unpaired) electrons. The second kappa shape index (κ2) is 13.8. The zero-order valence-corrected chi connectivity index (χ0v) is 34.3. The van der Waals surface area contributed by atoms with Gasteiger partial charge in [0, 0.05) is 64.2 Å². The first-order valence-electron chi connectivity index (χ1n) is 21.1. The molecule has 3 heterocycles. The smallest absolute Gasteiger partial charge is 0.143 e. The maximum atomic E-state index is 6.78. The second-order valence-corrected chi connectivity index (χ2v) is 17.1. The molecule has 0 atom stereocenters. The number of anilines is 3. The van der Waals surface area contributed by atoms with Crippen LogP contribution in [-0.4, -0.2) is 4.57 Å². The molecule has 0 N–H and O–H groups in total. The fourth-order valence-electron chi connectivity index (χ4n) is 9.80. The second-order valence-electron chi connectivity index (χ2n) is 16.0. The largest absolute Gasteiger partial charge is 0.455 e. The Kier molecular flexibility index (Phi) is 7.78. The van der Waals surface area contributed by atoms with Gasteiger partial charge in [-0.25, -0.2) is 0 Å². The van der Waals surface area contributed by atoms with E-state index in [1.54, 1.807) is 0 Å². The van der Waals surface area contributed by atoms with Crippen molar-refractivity contribution in [3.63, 3.8) is 0 Å². The Morgan fingerprint density at radius 2 is 1.10 bits per heavy atom. The van der Waals surface area contributed by atoms with Crippen molar-refractivity contribution in [2.45, 2.75) is 0 Å². The number of hydrogen-bond donors (Lipinski definition) is 0. The Morgan fingerprint density at radius 1 is 0.419 bits per heavy atom. The van der Waals surface area contributed by atoms with Gasteiger partial charge in [-0.15, -0.1) is 11.3 Å². The molecule has 0 saturated carbocycles. The molecule has 0 aliphatic heterocycles. The molecule has 0 unspecified atom stereocenters. The van der Waals surface area contributed by atoms with Gasteiger partial charge in [0.1, 0.15) is 11.2 Å². The lowest BCUT2D eigenvalue weighted by atomic mass is 9.98. The van der Waals surface area contributed by atoms with Gasteiger partial charge in [-0.2, -0.15) is 0 Å². The average molecular weight is 809 g/mol. The van der Waals surface area contributed by atoms with E-state index in [0.29, 0.717) is 0 Å². The normalized spacial score (nSPS) is 11.9. The van der Waals surface area contributed by atoms with Crippen molar-refractivity contribution in [1.29, 1.82) is 0 Å². The summed E-state index contributed by atoms with van der Waals surface area (Å²) in [5.74, 6) is 0. The Balaban J connectivity index is 1.02. The van der Waals surface area contributed by atoms with E-state index in [-0.39, 0.29) is 0 Å². The number of para-hydroxylation sites is 3. The lowest BCUT2D eigenvalue weighted by molar-refractivity contribution is 0.672. The molecule has 3 aromatic heterocycles. The zero-order valence-electron chi connectivity index (χ0n) is 33.5. The maximum Gasteiger partial charge on any atom is 0.143 e. The van der Waals surface area contributed by atoms with E-state index in [1.807, 2.05) is 11.3 Å². The van der Waals surface area contributed by atoms with Crippen LogP contribution in [0.2, 0.25) is 0 Å². The fraction of sp³-hybridized carbons (Fsp3) is 0. The molecule has 290 valence electrons. The summed E-state index contributed by atoms with van der Waals surface area (Å²) in [6.45, 7) is 0. The molecule has 3 nitrogen and oxygen atoms in total. The average Bonchev–Trinajstić information content (AvgIpc) is 4.02. The highest BCUT2D eigenvalue weighted by Gasteiger charge is 2.24. The van der Waals surface area contributed by atoms with E-state index < -0.39 is 0 Å². The predicted octanol–water partition coefficient (Wildman–Crippen LogP) is 17.0. The van der Waals surface area contributed by atoms with Crippen LogP contribution in [0.3, 0.4) is 0 Å². The van der Waals surface area contributed by atoms with Gasteiger partial charge in [0.05, 0.1) is 27.8 Å². The van der Waals surface area contributed by atoms with Gasteiger partial charge < -0.3 is 13.9 Å². The molecule has 0 aliphatic carbocycles. The van der Waals surface area contributed by atoms with Crippen molar-refractivity contribution >= 4 is 103 Å². The van der Waals surface area contributed by atoms with E-state index in [4.69, 9.17) is 4.42 Å². The Labute approximate surface area is 361 Å². The highest BCUT2D eigenvalue weighted by Crippen LogP contribution is 2.49. The van der Waals surface area contributed by atoms with E-state index in [2.05, 4.69) is 228 Å². The summed E-state index contributed by atoms with van der Waals surface area (Å²) in [7, 11) is 0. The van der Waals surface area contributed by atoms with Crippen molar-refractivity contribution in [3.8, 4) is 27.9 Å². The number of furan rings is 1. The van der Waals surface area contributed by atoms with E-state index >= 15 is 0 Å². The minimum Gasteiger partial charge on any atom is -0.455 e. The third-order valence-corrected chi connectivity index (χ3v) is 13.8. The molecule has 0 saturated heterocycles. The minimum atomic E-state index is 0.863. The van der Waals surface area contributed by atoms with Crippen LogP contribution in [0.25, 0.3) is 103 Å². The third kappa shape index (κ3) is 5.30. The number of fused-ring (bicyclic) bond motifs is 11. The summed E-state index contributed by atoms with van der Waals surface area (Å²) in [5.41, 5.74) is 13.3. The minimum absolute atomic E-state index is 0.863. The van der Waals surface area contributed by atoms with Crippen LogP contribution >= 0.6 is 11.3 Å². The molecule has 0 bridgehead atoms. The van der Waals surface area contributed by atoms with Crippen LogP contribution in [0, 0.1) is 0 Å². The number of hydrogen-bond acceptors (Lipinski definition) is 3. The first-order valence-corrected chi connectivity index (χ1v) is 21.9. The van der Waals surface area contributed by atoms with E-state index in [1.165, 1.54) is 58.7 Å². The van der Waals surface area contributed by atoms with Gasteiger partial charge in [0.2, 0.25) is 0 Å². The van der Waals surface area contributed by atoms with Gasteiger partial charge in [-0.1, -0.05) is 146 Å². The Hall–Kier alpha value is -7.92. The van der Waals surface area contributed by atoms with Crippen LogP contribution in [0.5, 0.6) is 0 Å². The molecule has 10 aromatic carbocycles. The molecule has 13 aromatic rings. The van der Waals surface area contributed by atoms with Crippen molar-refractivity contribution in [2.75, 3.05) is 4.90 Å². The summed E-state index contributed by atoms with van der Waals surface area (Å²) in [6.07, 6.45) is 0. The van der Waals surface area contributed by atoms with Crippen LogP contribution in [-0.2, 0) is 0 Å². The number of thiophene rings is 1. The van der Waals surface area contributed by atoms with Crippen LogP contribution in [0.4, 0.5) is 17.1 Å². The highest BCUT2D eigenvalue weighted by molar-refractivity contribution is 7.26. The highest BCUT2D eigenvalue weighted by atomic mass is 32.1. The molecule has 62 heavy (non-hydrogen) atoms. The van der Waals surface area contributed by atoms with Crippen LogP contribution in [0.15, 0.2) is 223 Å². The summed E-state index contributed by atoms with van der Waals surface area (Å²) < 4.78 is 11.7. The summed E-state index contributed by atoms with van der Waals surface area (Å²) in [5, 5.41) is 9.53. The summed E-state index contributed by atoms with van der Waals surface area (Å²) >= 11 is 1.87. The molecular weight excluding hydrogens is 773 g/mol. The first-order chi connectivity index (χ1) is 30.8. The monoisotopic (exact) mass is 808 g/mol. The van der Waals surface area contributed by atoms with Gasteiger partial charge in [0.25, 0.3) is 0 Å². The van der Waals surface area contributed by atoms with Gasteiger partial charge in [0.15, 0.2) is 0 Å². The maximum absolute atomic E-state index is 6.78. The summed E-state index contributed by atoms with van der Waals surface area (Å²) in [6, 6.07) is 79.1. The zero-order chi connectivity index (χ0) is 40.7. The molecular formula is C58H36N2OS. The number of rotatable bonds is 6. The molecule has 0 fully saturated rings. The van der Waals surface area contributed by atoms with Crippen LogP contribution < -0.4 is 4.90 Å².